The first-order valence-corrected chi connectivity index (χ1v) is 10.5. The number of hydrogen-bond donors (Lipinski definition) is 1. The molecule has 3 rings (SSSR count). The van der Waals surface area contributed by atoms with Crippen LogP contribution in [0.5, 0.6) is 17.5 Å². The van der Waals surface area contributed by atoms with E-state index in [2.05, 4.69) is 27.2 Å². The van der Waals surface area contributed by atoms with Crippen molar-refractivity contribution in [3.8, 4) is 17.5 Å². The number of amides is 2. The van der Waals surface area contributed by atoms with Crippen molar-refractivity contribution in [2.45, 2.75) is 72.1 Å². The smallest absolute Gasteiger partial charge is 0.317 e. The van der Waals surface area contributed by atoms with Crippen LogP contribution in [0.4, 0.5) is 4.79 Å². The summed E-state index contributed by atoms with van der Waals surface area (Å²) >= 11 is 0. The molecule has 1 N–H and O–H groups in total. The van der Waals surface area contributed by atoms with E-state index in [0.717, 1.165) is 30.5 Å². The van der Waals surface area contributed by atoms with Crippen LogP contribution in [-0.4, -0.2) is 50.6 Å². The Labute approximate surface area is 178 Å². The molecule has 1 unspecified atom stereocenters. The van der Waals surface area contributed by atoms with Crippen molar-refractivity contribution in [1.29, 1.82) is 0 Å². The lowest BCUT2D eigenvalue weighted by Gasteiger charge is -2.39. The maximum atomic E-state index is 12.5. The number of ether oxygens (including phenoxy) is 2. The number of nitrogens with zero attached hydrogens (tertiary/aromatic N) is 4. The summed E-state index contributed by atoms with van der Waals surface area (Å²) in [5.41, 5.74) is 1.53. The molecule has 2 aromatic heterocycles. The third-order valence-corrected chi connectivity index (χ3v) is 5.25. The lowest BCUT2D eigenvalue weighted by molar-refractivity contribution is 0.0682. The van der Waals surface area contributed by atoms with Gasteiger partial charge in [-0.2, -0.15) is 0 Å². The zero-order valence-electron chi connectivity index (χ0n) is 18.4. The predicted molar refractivity (Wildman–Crippen MR) is 114 cm³/mol. The molecule has 0 radical (unpaired) electrons. The molecule has 8 nitrogen and oxygen atoms in total. The van der Waals surface area contributed by atoms with Gasteiger partial charge in [0.15, 0.2) is 5.75 Å². The van der Waals surface area contributed by atoms with Crippen LogP contribution in [0.3, 0.4) is 0 Å². The molecule has 2 aromatic rings. The molecular weight excluding hydrogens is 382 g/mol. The van der Waals surface area contributed by atoms with Gasteiger partial charge in [0.1, 0.15) is 12.4 Å². The van der Waals surface area contributed by atoms with Gasteiger partial charge in [-0.3, -0.25) is 4.98 Å². The summed E-state index contributed by atoms with van der Waals surface area (Å²) in [7, 11) is 0. The predicted octanol–water partition coefficient (Wildman–Crippen LogP) is 4.02. The average Bonchev–Trinajstić information content (AvgIpc) is 2.72. The molecule has 1 aliphatic rings. The number of rotatable bonds is 6. The van der Waals surface area contributed by atoms with Gasteiger partial charge < -0.3 is 19.7 Å². The number of hydrogen-bond acceptors (Lipinski definition) is 6. The minimum atomic E-state index is -0.0142. The first-order valence-electron chi connectivity index (χ1n) is 10.5. The van der Waals surface area contributed by atoms with Gasteiger partial charge >= 0.3 is 6.03 Å². The van der Waals surface area contributed by atoms with Gasteiger partial charge in [-0.1, -0.05) is 6.92 Å². The summed E-state index contributed by atoms with van der Waals surface area (Å²) in [5, 5.41) is 2.99. The Hall–Kier alpha value is -2.90. The molecule has 3 heterocycles. The molecule has 2 amide bonds. The Morgan fingerprint density at radius 2 is 2.03 bits per heavy atom. The van der Waals surface area contributed by atoms with Gasteiger partial charge in [0.2, 0.25) is 11.8 Å². The van der Waals surface area contributed by atoms with Crippen LogP contribution in [0.2, 0.25) is 0 Å². The van der Waals surface area contributed by atoms with Crippen LogP contribution in [0, 0.1) is 13.8 Å². The van der Waals surface area contributed by atoms with Crippen molar-refractivity contribution in [1.82, 2.24) is 25.2 Å². The van der Waals surface area contributed by atoms with E-state index in [1.54, 1.807) is 6.20 Å². The minimum Gasteiger partial charge on any atom is -0.474 e. The number of carbonyl (C=O) groups excluding carboxylic acids is 1. The zero-order chi connectivity index (χ0) is 21.7. The summed E-state index contributed by atoms with van der Waals surface area (Å²) < 4.78 is 12.2. The number of likely N-dealkylation sites (tertiary alicyclic amines) is 1. The average molecular weight is 414 g/mol. The topological polar surface area (TPSA) is 89.5 Å². The number of pyridine rings is 1. The van der Waals surface area contributed by atoms with Gasteiger partial charge in [0, 0.05) is 37.7 Å². The van der Waals surface area contributed by atoms with E-state index < -0.39 is 0 Å². The molecule has 162 valence electrons. The number of aromatic nitrogens is 3. The second kappa shape index (κ2) is 9.73. The first-order chi connectivity index (χ1) is 14.4. The monoisotopic (exact) mass is 413 g/mol. The molecule has 0 aliphatic carbocycles. The Balaban J connectivity index is 1.68. The maximum absolute atomic E-state index is 12.5. The number of nitrogens with one attached hydrogen (secondary N) is 1. The summed E-state index contributed by atoms with van der Waals surface area (Å²) in [6.07, 6.45) is 5.56. The quantitative estimate of drug-likeness (QED) is 0.769. The molecule has 1 saturated heterocycles. The van der Waals surface area contributed by atoms with E-state index in [1.807, 2.05) is 44.7 Å². The fourth-order valence-corrected chi connectivity index (χ4v) is 3.59. The second-order valence-corrected chi connectivity index (χ2v) is 7.92. The van der Waals surface area contributed by atoms with Crippen LogP contribution >= 0.6 is 0 Å². The van der Waals surface area contributed by atoms with Crippen molar-refractivity contribution in [3.63, 3.8) is 0 Å². The van der Waals surface area contributed by atoms with E-state index in [-0.39, 0.29) is 24.2 Å². The van der Waals surface area contributed by atoms with Crippen molar-refractivity contribution in [2.24, 2.45) is 0 Å². The molecule has 2 atom stereocenters. The van der Waals surface area contributed by atoms with E-state index >= 15 is 0 Å². The molecule has 1 aliphatic heterocycles. The normalized spacial score (nSPS) is 18.9. The van der Waals surface area contributed by atoms with Crippen molar-refractivity contribution in [2.75, 3.05) is 6.54 Å². The third-order valence-electron chi connectivity index (χ3n) is 5.25. The summed E-state index contributed by atoms with van der Waals surface area (Å²) in [5.74, 6) is 1.62. The Bertz CT molecular complexity index is 874. The number of aryl methyl sites for hydroxylation is 1. The van der Waals surface area contributed by atoms with Gasteiger partial charge in [-0.05, 0) is 46.2 Å². The number of piperidine rings is 1. The highest BCUT2D eigenvalue weighted by Gasteiger charge is 2.32. The van der Waals surface area contributed by atoms with Gasteiger partial charge in [-0.15, -0.1) is 0 Å². The molecule has 0 aromatic carbocycles. The number of urea groups is 1. The zero-order valence-corrected chi connectivity index (χ0v) is 18.4. The van der Waals surface area contributed by atoms with E-state index in [9.17, 15) is 4.79 Å². The maximum Gasteiger partial charge on any atom is 0.317 e. The molecular formula is C22H31N5O3. The van der Waals surface area contributed by atoms with Crippen LogP contribution in [-0.2, 0) is 0 Å². The van der Waals surface area contributed by atoms with Crippen molar-refractivity contribution < 1.29 is 14.3 Å². The highest BCUT2D eigenvalue weighted by molar-refractivity contribution is 5.75. The van der Waals surface area contributed by atoms with E-state index in [0.29, 0.717) is 24.1 Å². The second-order valence-electron chi connectivity index (χ2n) is 7.92. The minimum absolute atomic E-state index is 0.00366. The summed E-state index contributed by atoms with van der Waals surface area (Å²) in [6, 6.07) is 3.93. The third kappa shape index (κ3) is 5.17. The molecule has 0 saturated carbocycles. The summed E-state index contributed by atoms with van der Waals surface area (Å²) in [4.78, 5) is 27.2. The molecule has 8 heteroatoms. The standard InChI is InChI=1S/C22H31N5O3/c1-6-17-12-18(9-11-27(17)22(28)26-14(2)3)29-20-15(4)21(25-13-24-20)30-19-8-7-10-23-16(19)5/h7-8,10,13-14,17-18H,6,9,11-12H2,1-5H3,(H,26,28)/t17?,18-/m1/s1. The molecule has 1 fully saturated rings. The van der Waals surface area contributed by atoms with Crippen LogP contribution in [0.15, 0.2) is 24.7 Å². The first kappa shape index (κ1) is 21.8. The molecule has 0 bridgehead atoms. The lowest BCUT2D eigenvalue weighted by Crippen LogP contribution is -2.53. The van der Waals surface area contributed by atoms with E-state index in [4.69, 9.17) is 9.47 Å². The summed E-state index contributed by atoms with van der Waals surface area (Å²) in [6.45, 7) is 10.5. The van der Waals surface area contributed by atoms with Crippen molar-refractivity contribution >= 4 is 6.03 Å². The fraction of sp³-hybridized carbons (Fsp3) is 0.545. The van der Waals surface area contributed by atoms with Crippen LogP contribution in [0.1, 0.15) is 51.3 Å². The van der Waals surface area contributed by atoms with Crippen LogP contribution < -0.4 is 14.8 Å². The number of carbonyl (C=O) groups is 1. The highest BCUT2D eigenvalue weighted by Crippen LogP contribution is 2.31. The fourth-order valence-electron chi connectivity index (χ4n) is 3.59. The van der Waals surface area contributed by atoms with E-state index in [1.165, 1.54) is 6.33 Å². The molecule has 30 heavy (non-hydrogen) atoms. The molecule has 0 spiro atoms. The van der Waals surface area contributed by atoms with Crippen molar-refractivity contribution in [3.05, 3.63) is 35.9 Å². The lowest BCUT2D eigenvalue weighted by atomic mass is 9.97. The van der Waals surface area contributed by atoms with Gasteiger partial charge in [-0.25, -0.2) is 14.8 Å². The Morgan fingerprint density at radius 3 is 2.73 bits per heavy atom. The van der Waals surface area contributed by atoms with Gasteiger partial charge in [0.25, 0.3) is 0 Å². The largest absolute Gasteiger partial charge is 0.474 e. The Kier molecular flexibility index (Phi) is 7.07. The Morgan fingerprint density at radius 1 is 1.27 bits per heavy atom. The highest BCUT2D eigenvalue weighted by atomic mass is 16.5. The van der Waals surface area contributed by atoms with Crippen LogP contribution in [0.25, 0.3) is 0 Å². The SMILES string of the molecule is CCC1C[C@H](Oc2ncnc(Oc3cccnc3C)c2C)CCN1C(=O)NC(C)C. The van der Waals surface area contributed by atoms with Gasteiger partial charge in [0.05, 0.1) is 11.3 Å².